The van der Waals surface area contributed by atoms with Gasteiger partial charge in [-0.15, -0.1) is 12.4 Å². The van der Waals surface area contributed by atoms with E-state index in [1.165, 1.54) is 18.2 Å². The van der Waals surface area contributed by atoms with Gasteiger partial charge in [0.05, 0.1) is 0 Å². The van der Waals surface area contributed by atoms with Gasteiger partial charge in [0.25, 0.3) is 0 Å². The zero-order valence-corrected chi connectivity index (χ0v) is 7.49. The van der Waals surface area contributed by atoms with Gasteiger partial charge in [0, 0.05) is 6.08 Å². The van der Waals surface area contributed by atoms with Crippen LogP contribution in [0.15, 0.2) is 30.3 Å². The Bertz CT molecular complexity index is 303. The van der Waals surface area contributed by atoms with Crippen LogP contribution >= 0.6 is 12.4 Å². The Kier molecular flexibility index (Phi) is 4.62. The summed E-state index contributed by atoms with van der Waals surface area (Å²) in [6, 6.07) is 6.27. The number of aliphatic carboxylic acids is 1. The molecule has 0 fully saturated rings. The predicted molar refractivity (Wildman–Crippen MR) is 52.0 cm³/mol. The Hall–Kier alpha value is -1.48. The van der Waals surface area contributed by atoms with Crippen LogP contribution in [0.5, 0.6) is 5.75 Å². The van der Waals surface area contributed by atoms with Crippen LogP contribution in [0, 0.1) is 0 Å². The Morgan fingerprint density at radius 2 is 1.77 bits per heavy atom. The average Bonchev–Trinajstić information content (AvgIpc) is 2.03. The van der Waals surface area contributed by atoms with E-state index in [4.69, 9.17) is 10.2 Å². The first-order chi connectivity index (χ1) is 5.68. The Morgan fingerprint density at radius 3 is 2.23 bits per heavy atom. The van der Waals surface area contributed by atoms with Crippen LogP contribution in [0.25, 0.3) is 6.08 Å². The average molecular weight is 201 g/mol. The van der Waals surface area contributed by atoms with Crippen molar-refractivity contribution in [1.82, 2.24) is 0 Å². The standard InChI is InChI=1S/C9H8O3.ClH/c10-8-4-1-7(2-5-8)3-6-9(11)12;/h1-6,10H,(H,11,12);1H. The lowest BCUT2D eigenvalue weighted by molar-refractivity contribution is -0.131. The van der Waals surface area contributed by atoms with E-state index < -0.39 is 5.97 Å². The van der Waals surface area contributed by atoms with Gasteiger partial charge in [-0.3, -0.25) is 0 Å². The summed E-state index contributed by atoms with van der Waals surface area (Å²) in [5.41, 5.74) is 0.746. The van der Waals surface area contributed by atoms with Gasteiger partial charge < -0.3 is 10.2 Å². The van der Waals surface area contributed by atoms with E-state index in [2.05, 4.69) is 0 Å². The summed E-state index contributed by atoms with van der Waals surface area (Å²) in [5, 5.41) is 17.2. The summed E-state index contributed by atoms with van der Waals surface area (Å²) >= 11 is 0. The molecule has 0 atom stereocenters. The second kappa shape index (κ2) is 5.22. The number of aromatic hydroxyl groups is 1. The molecule has 13 heavy (non-hydrogen) atoms. The molecule has 0 saturated carbocycles. The van der Waals surface area contributed by atoms with Crippen molar-refractivity contribution in [3.8, 4) is 5.75 Å². The maximum atomic E-state index is 10.1. The van der Waals surface area contributed by atoms with Crippen molar-refractivity contribution >= 4 is 24.5 Å². The SMILES string of the molecule is Cl.O=C(O)C=Cc1ccc(O)cc1. The second-order valence-corrected chi connectivity index (χ2v) is 2.26. The molecule has 0 aliphatic heterocycles. The normalized spacial score (nSPS) is 9.54. The minimum absolute atomic E-state index is 0. The third kappa shape index (κ3) is 4.18. The first-order valence-electron chi connectivity index (χ1n) is 3.38. The van der Waals surface area contributed by atoms with Crippen molar-refractivity contribution in [2.24, 2.45) is 0 Å². The highest BCUT2D eigenvalue weighted by atomic mass is 35.5. The first kappa shape index (κ1) is 11.5. The number of benzene rings is 1. The number of hydrogen-bond donors (Lipinski definition) is 2. The van der Waals surface area contributed by atoms with E-state index >= 15 is 0 Å². The van der Waals surface area contributed by atoms with Crippen LogP contribution in [0.4, 0.5) is 0 Å². The Labute approximate surface area is 81.7 Å². The molecule has 0 aromatic heterocycles. The molecule has 0 bridgehead atoms. The van der Waals surface area contributed by atoms with Crippen LogP contribution in [0.3, 0.4) is 0 Å². The van der Waals surface area contributed by atoms with Crippen molar-refractivity contribution < 1.29 is 15.0 Å². The van der Waals surface area contributed by atoms with Crippen LogP contribution in [0.2, 0.25) is 0 Å². The number of rotatable bonds is 2. The zero-order chi connectivity index (χ0) is 8.97. The van der Waals surface area contributed by atoms with Crippen LogP contribution in [-0.4, -0.2) is 16.2 Å². The smallest absolute Gasteiger partial charge is 0.328 e. The summed E-state index contributed by atoms with van der Waals surface area (Å²) in [6.07, 6.45) is 2.51. The molecule has 3 nitrogen and oxygen atoms in total. The van der Waals surface area contributed by atoms with Crippen molar-refractivity contribution in [3.05, 3.63) is 35.9 Å². The molecule has 1 aromatic rings. The highest BCUT2D eigenvalue weighted by Crippen LogP contribution is 2.10. The van der Waals surface area contributed by atoms with E-state index in [0.29, 0.717) is 0 Å². The van der Waals surface area contributed by atoms with Crippen LogP contribution < -0.4 is 0 Å². The number of carboxylic acid groups (broad SMARTS) is 1. The lowest BCUT2D eigenvalue weighted by Gasteiger charge is -1.92. The minimum Gasteiger partial charge on any atom is -0.508 e. The molecule has 0 aliphatic rings. The molecular formula is C9H9ClO3. The fourth-order valence-corrected chi connectivity index (χ4v) is 0.753. The van der Waals surface area contributed by atoms with Crippen molar-refractivity contribution in [2.45, 2.75) is 0 Å². The zero-order valence-electron chi connectivity index (χ0n) is 6.68. The maximum Gasteiger partial charge on any atom is 0.328 e. The second-order valence-electron chi connectivity index (χ2n) is 2.26. The van der Waals surface area contributed by atoms with Gasteiger partial charge in [-0.25, -0.2) is 4.79 Å². The largest absolute Gasteiger partial charge is 0.508 e. The molecule has 1 aromatic carbocycles. The quantitative estimate of drug-likeness (QED) is 0.717. The van der Waals surface area contributed by atoms with Gasteiger partial charge in [-0.1, -0.05) is 12.1 Å². The highest BCUT2D eigenvalue weighted by molar-refractivity contribution is 5.85. The predicted octanol–water partition coefficient (Wildman–Crippen LogP) is 1.91. The number of phenolic OH excluding ortho intramolecular Hbond substituents is 1. The summed E-state index contributed by atoms with van der Waals surface area (Å²) in [4.78, 5) is 10.1. The first-order valence-corrected chi connectivity index (χ1v) is 3.38. The third-order valence-corrected chi connectivity index (χ3v) is 1.31. The molecular weight excluding hydrogens is 192 g/mol. The van der Waals surface area contributed by atoms with E-state index in [1.54, 1.807) is 12.1 Å². The molecule has 0 spiro atoms. The van der Waals surface area contributed by atoms with Crippen LogP contribution in [-0.2, 0) is 4.79 Å². The summed E-state index contributed by atoms with van der Waals surface area (Å²) in [5.74, 6) is -0.814. The molecule has 0 saturated heterocycles. The molecule has 0 aliphatic carbocycles. The van der Waals surface area contributed by atoms with Gasteiger partial charge in [-0.05, 0) is 23.8 Å². The maximum absolute atomic E-state index is 10.1. The van der Waals surface area contributed by atoms with Crippen molar-refractivity contribution in [3.63, 3.8) is 0 Å². The molecule has 0 unspecified atom stereocenters. The number of halogens is 1. The number of carbonyl (C=O) groups is 1. The van der Waals surface area contributed by atoms with E-state index in [9.17, 15) is 4.79 Å². The fourth-order valence-electron chi connectivity index (χ4n) is 0.753. The number of hydrogen-bond acceptors (Lipinski definition) is 2. The molecule has 4 heteroatoms. The Morgan fingerprint density at radius 1 is 1.23 bits per heavy atom. The number of carboxylic acids is 1. The summed E-state index contributed by atoms with van der Waals surface area (Å²) in [6.45, 7) is 0. The fraction of sp³-hybridized carbons (Fsp3) is 0. The lowest BCUT2D eigenvalue weighted by Crippen LogP contribution is -1.85. The van der Waals surface area contributed by atoms with Crippen LogP contribution in [0.1, 0.15) is 5.56 Å². The minimum atomic E-state index is -0.983. The molecule has 0 radical (unpaired) electrons. The summed E-state index contributed by atoms with van der Waals surface area (Å²) in [7, 11) is 0. The van der Waals surface area contributed by atoms with E-state index in [0.717, 1.165) is 11.6 Å². The molecule has 1 rings (SSSR count). The van der Waals surface area contributed by atoms with E-state index in [1.807, 2.05) is 0 Å². The molecule has 0 amide bonds. The van der Waals surface area contributed by atoms with Gasteiger partial charge in [0.15, 0.2) is 0 Å². The molecule has 0 heterocycles. The monoisotopic (exact) mass is 200 g/mol. The lowest BCUT2D eigenvalue weighted by atomic mass is 10.2. The molecule has 2 N–H and O–H groups in total. The van der Waals surface area contributed by atoms with Gasteiger partial charge in [0.1, 0.15) is 5.75 Å². The van der Waals surface area contributed by atoms with Crippen molar-refractivity contribution in [2.75, 3.05) is 0 Å². The van der Waals surface area contributed by atoms with E-state index in [-0.39, 0.29) is 18.2 Å². The highest BCUT2D eigenvalue weighted by Gasteiger charge is 1.89. The van der Waals surface area contributed by atoms with Crippen molar-refractivity contribution in [1.29, 1.82) is 0 Å². The third-order valence-electron chi connectivity index (χ3n) is 1.31. The van der Waals surface area contributed by atoms with Gasteiger partial charge in [0.2, 0.25) is 0 Å². The van der Waals surface area contributed by atoms with Gasteiger partial charge >= 0.3 is 5.97 Å². The topological polar surface area (TPSA) is 57.5 Å². The van der Waals surface area contributed by atoms with Gasteiger partial charge in [-0.2, -0.15) is 0 Å². The Balaban J connectivity index is 0.00000144. The number of phenols is 1. The molecule has 70 valence electrons. The summed E-state index contributed by atoms with van der Waals surface area (Å²) < 4.78 is 0.